The maximum atomic E-state index is 9.52. The van der Waals surface area contributed by atoms with Gasteiger partial charge in [-0.15, -0.1) is 0 Å². The molecule has 2 aromatic rings. The zero-order valence-electron chi connectivity index (χ0n) is 9.30. The molecule has 84 valence electrons. The van der Waals surface area contributed by atoms with E-state index in [1.807, 2.05) is 17.9 Å². The van der Waals surface area contributed by atoms with Gasteiger partial charge in [-0.25, -0.2) is 0 Å². The van der Waals surface area contributed by atoms with Crippen molar-refractivity contribution < 1.29 is 5.11 Å². The number of rotatable bonds is 1. The topological polar surface area (TPSA) is 41.3 Å². The SMILES string of the molecule is Cn1ncc2cc(N3CCC(O)C3)ccc21. The average Bonchev–Trinajstić information content (AvgIpc) is 2.86. The highest BCUT2D eigenvalue weighted by Crippen LogP contribution is 2.24. The molecule has 1 fully saturated rings. The molecule has 1 unspecified atom stereocenters. The normalized spacial score (nSPS) is 20.9. The summed E-state index contributed by atoms with van der Waals surface area (Å²) < 4.78 is 1.87. The number of benzene rings is 1. The van der Waals surface area contributed by atoms with E-state index in [9.17, 15) is 5.11 Å². The Bertz CT molecular complexity index is 520. The molecule has 1 saturated heterocycles. The van der Waals surface area contributed by atoms with Gasteiger partial charge in [-0.1, -0.05) is 0 Å². The largest absolute Gasteiger partial charge is 0.391 e. The van der Waals surface area contributed by atoms with E-state index < -0.39 is 0 Å². The van der Waals surface area contributed by atoms with Crippen molar-refractivity contribution in [3.8, 4) is 0 Å². The van der Waals surface area contributed by atoms with E-state index in [4.69, 9.17) is 0 Å². The van der Waals surface area contributed by atoms with Gasteiger partial charge in [0.05, 0.1) is 17.8 Å². The first-order valence-electron chi connectivity index (χ1n) is 5.59. The smallest absolute Gasteiger partial charge is 0.0731 e. The predicted octanol–water partition coefficient (Wildman–Crippen LogP) is 1.14. The number of aromatic nitrogens is 2. The highest BCUT2D eigenvalue weighted by molar-refractivity contribution is 5.82. The summed E-state index contributed by atoms with van der Waals surface area (Å²) in [6.45, 7) is 1.68. The summed E-state index contributed by atoms with van der Waals surface area (Å²) in [6.07, 6.45) is 2.57. The predicted molar refractivity (Wildman–Crippen MR) is 63.6 cm³/mol. The van der Waals surface area contributed by atoms with Gasteiger partial charge in [0.15, 0.2) is 0 Å². The average molecular weight is 217 g/mol. The van der Waals surface area contributed by atoms with Crippen LogP contribution in [0.3, 0.4) is 0 Å². The zero-order chi connectivity index (χ0) is 11.1. The molecule has 1 aromatic carbocycles. The molecule has 4 nitrogen and oxygen atoms in total. The van der Waals surface area contributed by atoms with Gasteiger partial charge >= 0.3 is 0 Å². The fraction of sp³-hybridized carbons (Fsp3) is 0.417. The Morgan fingerprint density at radius 3 is 3.06 bits per heavy atom. The van der Waals surface area contributed by atoms with Gasteiger partial charge in [-0.05, 0) is 24.6 Å². The molecule has 1 aromatic heterocycles. The standard InChI is InChI=1S/C12H15N3O/c1-14-12-3-2-10(6-9(12)7-13-14)15-5-4-11(16)8-15/h2-3,6-7,11,16H,4-5,8H2,1H3. The first-order valence-corrected chi connectivity index (χ1v) is 5.59. The maximum Gasteiger partial charge on any atom is 0.0731 e. The third-order valence-corrected chi connectivity index (χ3v) is 3.26. The summed E-state index contributed by atoms with van der Waals surface area (Å²) in [5.41, 5.74) is 2.32. The molecule has 1 aliphatic rings. The number of hydrogen-bond acceptors (Lipinski definition) is 3. The molecule has 16 heavy (non-hydrogen) atoms. The van der Waals surface area contributed by atoms with E-state index in [-0.39, 0.29) is 6.10 Å². The van der Waals surface area contributed by atoms with Crippen LogP contribution in [0.25, 0.3) is 10.9 Å². The van der Waals surface area contributed by atoms with Crippen LogP contribution >= 0.6 is 0 Å². The Kier molecular flexibility index (Phi) is 2.11. The highest BCUT2D eigenvalue weighted by Gasteiger charge is 2.20. The van der Waals surface area contributed by atoms with Gasteiger partial charge in [-0.2, -0.15) is 5.10 Å². The Morgan fingerprint density at radius 1 is 1.44 bits per heavy atom. The molecule has 3 rings (SSSR count). The lowest BCUT2D eigenvalue weighted by Gasteiger charge is -2.17. The number of aryl methyl sites for hydroxylation is 1. The molecule has 1 atom stereocenters. The third-order valence-electron chi connectivity index (χ3n) is 3.26. The number of nitrogens with zero attached hydrogens (tertiary/aromatic N) is 3. The van der Waals surface area contributed by atoms with Crippen molar-refractivity contribution in [1.82, 2.24) is 9.78 Å². The Hall–Kier alpha value is -1.55. The molecule has 0 radical (unpaired) electrons. The first kappa shape index (κ1) is 9.66. The van der Waals surface area contributed by atoms with Crippen molar-refractivity contribution in [3.63, 3.8) is 0 Å². The van der Waals surface area contributed by atoms with Crippen molar-refractivity contribution in [2.24, 2.45) is 7.05 Å². The summed E-state index contributed by atoms with van der Waals surface area (Å²) in [5.74, 6) is 0. The molecular weight excluding hydrogens is 202 g/mol. The minimum absolute atomic E-state index is 0.176. The molecule has 1 aliphatic heterocycles. The van der Waals surface area contributed by atoms with Crippen LogP contribution in [0.4, 0.5) is 5.69 Å². The van der Waals surface area contributed by atoms with E-state index >= 15 is 0 Å². The summed E-state index contributed by atoms with van der Waals surface area (Å²) >= 11 is 0. The van der Waals surface area contributed by atoms with Crippen molar-refractivity contribution in [1.29, 1.82) is 0 Å². The van der Waals surface area contributed by atoms with Gasteiger partial charge in [0.2, 0.25) is 0 Å². The fourth-order valence-electron chi connectivity index (χ4n) is 2.32. The quantitative estimate of drug-likeness (QED) is 0.779. The number of hydrogen-bond donors (Lipinski definition) is 1. The zero-order valence-corrected chi connectivity index (χ0v) is 9.30. The number of aliphatic hydroxyl groups excluding tert-OH is 1. The number of aliphatic hydroxyl groups is 1. The summed E-state index contributed by atoms with van der Waals surface area (Å²) in [7, 11) is 1.95. The first-order chi connectivity index (χ1) is 7.74. The van der Waals surface area contributed by atoms with Crippen molar-refractivity contribution in [3.05, 3.63) is 24.4 Å². The van der Waals surface area contributed by atoms with Crippen molar-refractivity contribution >= 4 is 16.6 Å². The Balaban J connectivity index is 1.99. The number of fused-ring (bicyclic) bond motifs is 1. The highest BCUT2D eigenvalue weighted by atomic mass is 16.3. The molecule has 1 N–H and O–H groups in total. The van der Waals surface area contributed by atoms with E-state index in [1.165, 1.54) is 5.69 Å². The van der Waals surface area contributed by atoms with Crippen LogP contribution in [0, 0.1) is 0 Å². The van der Waals surface area contributed by atoms with Crippen LogP contribution in [0.5, 0.6) is 0 Å². The molecular formula is C12H15N3O. The Morgan fingerprint density at radius 2 is 2.31 bits per heavy atom. The number of β-amino-alcohol motifs (C(OH)–C–C–N with tert-alkyl or cyclic N) is 1. The molecule has 0 aliphatic carbocycles. The molecule has 2 heterocycles. The lowest BCUT2D eigenvalue weighted by atomic mass is 10.2. The minimum Gasteiger partial charge on any atom is -0.391 e. The molecule has 0 spiro atoms. The lowest BCUT2D eigenvalue weighted by molar-refractivity contribution is 0.198. The van der Waals surface area contributed by atoms with E-state index in [2.05, 4.69) is 28.2 Å². The maximum absolute atomic E-state index is 9.52. The van der Waals surface area contributed by atoms with Crippen LogP contribution < -0.4 is 4.90 Å². The van der Waals surface area contributed by atoms with Crippen LogP contribution in [-0.4, -0.2) is 34.1 Å². The van der Waals surface area contributed by atoms with E-state index in [1.54, 1.807) is 0 Å². The summed E-state index contributed by atoms with van der Waals surface area (Å²) in [4.78, 5) is 2.22. The second kappa shape index (κ2) is 3.49. The van der Waals surface area contributed by atoms with Crippen LogP contribution in [0.15, 0.2) is 24.4 Å². The van der Waals surface area contributed by atoms with Crippen LogP contribution in [-0.2, 0) is 7.05 Å². The minimum atomic E-state index is -0.176. The van der Waals surface area contributed by atoms with Gasteiger partial charge < -0.3 is 10.0 Å². The van der Waals surface area contributed by atoms with Crippen molar-refractivity contribution in [2.75, 3.05) is 18.0 Å². The van der Waals surface area contributed by atoms with E-state index in [0.717, 1.165) is 30.4 Å². The lowest BCUT2D eigenvalue weighted by Crippen LogP contribution is -2.20. The molecule has 0 bridgehead atoms. The third kappa shape index (κ3) is 1.46. The molecule has 0 amide bonds. The van der Waals surface area contributed by atoms with Gasteiger partial charge in [0.25, 0.3) is 0 Å². The van der Waals surface area contributed by atoms with Gasteiger partial charge in [0, 0.05) is 31.2 Å². The second-order valence-electron chi connectivity index (χ2n) is 4.40. The Labute approximate surface area is 94.1 Å². The molecule has 4 heteroatoms. The number of anilines is 1. The monoisotopic (exact) mass is 217 g/mol. The van der Waals surface area contributed by atoms with Gasteiger partial charge in [0.1, 0.15) is 0 Å². The van der Waals surface area contributed by atoms with E-state index in [0.29, 0.717) is 0 Å². The van der Waals surface area contributed by atoms with Gasteiger partial charge in [-0.3, -0.25) is 4.68 Å². The van der Waals surface area contributed by atoms with Crippen molar-refractivity contribution in [2.45, 2.75) is 12.5 Å². The summed E-state index contributed by atoms with van der Waals surface area (Å²) in [5, 5.41) is 14.9. The second-order valence-corrected chi connectivity index (χ2v) is 4.40. The van der Waals surface area contributed by atoms with Crippen LogP contribution in [0.2, 0.25) is 0 Å². The molecule has 0 saturated carbocycles. The summed E-state index contributed by atoms with van der Waals surface area (Å²) in [6, 6.07) is 6.32. The van der Waals surface area contributed by atoms with Crippen LogP contribution in [0.1, 0.15) is 6.42 Å². The fourth-order valence-corrected chi connectivity index (χ4v) is 2.32.